The third-order valence-electron chi connectivity index (χ3n) is 1.82. The fourth-order valence-corrected chi connectivity index (χ4v) is 1.18. The zero-order chi connectivity index (χ0) is 9.10. The van der Waals surface area contributed by atoms with Crippen molar-refractivity contribution in [1.82, 2.24) is 9.72 Å². The van der Waals surface area contributed by atoms with Gasteiger partial charge in [0.15, 0.2) is 6.29 Å². The Kier molecular flexibility index (Phi) is 1.96. The third-order valence-corrected chi connectivity index (χ3v) is 1.82. The lowest BCUT2D eigenvalue weighted by Crippen LogP contribution is -2.00. The molecule has 4 nitrogen and oxygen atoms in total. The minimum absolute atomic E-state index is 0.616. The molecule has 0 spiro atoms. The topological polar surface area (TPSA) is 48.0 Å². The van der Waals surface area contributed by atoms with E-state index in [1.54, 1.807) is 18.5 Å². The first kappa shape index (κ1) is 7.79. The van der Waals surface area contributed by atoms with Gasteiger partial charge in [-0.25, -0.2) is 0 Å². The highest BCUT2D eigenvalue weighted by molar-refractivity contribution is 5.72. The van der Waals surface area contributed by atoms with Crippen LogP contribution < -0.4 is 0 Å². The Balaban J connectivity index is 2.23. The highest BCUT2D eigenvalue weighted by Crippen LogP contribution is 2.04. The summed E-state index contributed by atoms with van der Waals surface area (Å²) in [6, 6.07) is 3.59. The predicted octanol–water partition coefficient (Wildman–Crippen LogP) is 1.34. The summed E-state index contributed by atoms with van der Waals surface area (Å²) >= 11 is 0. The maximum absolute atomic E-state index is 10.6. The molecule has 4 heteroatoms. The molecule has 0 saturated heterocycles. The van der Waals surface area contributed by atoms with E-state index in [1.807, 2.05) is 16.8 Å². The minimum Gasteiger partial charge on any atom is -0.364 e. The van der Waals surface area contributed by atoms with E-state index >= 15 is 0 Å². The average Bonchev–Trinajstić information content (AvgIpc) is 2.76. The highest BCUT2D eigenvalue weighted by atomic mass is 16.5. The molecule has 0 N–H and O–H groups in total. The SMILES string of the molecule is O=Cc1cccn1Cc1cnoc1. The van der Waals surface area contributed by atoms with Crippen molar-refractivity contribution in [3.63, 3.8) is 0 Å². The van der Waals surface area contributed by atoms with Crippen molar-refractivity contribution in [2.45, 2.75) is 6.54 Å². The molecule has 0 radical (unpaired) electrons. The smallest absolute Gasteiger partial charge is 0.166 e. The fourth-order valence-electron chi connectivity index (χ4n) is 1.18. The van der Waals surface area contributed by atoms with Crippen LogP contribution in [0.2, 0.25) is 0 Å². The van der Waals surface area contributed by atoms with Crippen molar-refractivity contribution in [2.75, 3.05) is 0 Å². The van der Waals surface area contributed by atoms with E-state index in [-0.39, 0.29) is 0 Å². The first-order chi connectivity index (χ1) is 6.40. The Labute approximate surface area is 74.8 Å². The average molecular weight is 176 g/mol. The summed E-state index contributed by atoms with van der Waals surface area (Å²) in [5.74, 6) is 0. The Bertz CT molecular complexity index is 389. The van der Waals surface area contributed by atoms with Crippen LogP contribution in [-0.2, 0) is 6.54 Å². The van der Waals surface area contributed by atoms with E-state index in [0.29, 0.717) is 12.2 Å². The van der Waals surface area contributed by atoms with Crippen molar-refractivity contribution >= 4 is 6.29 Å². The van der Waals surface area contributed by atoms with Gasteiger partial charge in [-0.15, -0.1) is 0 Å². The fraction of sp³-hybridized carbons (Fsp3) is 0.111. The molecule has 2 heterocycles. The molecule has 0 saturated carbocycles. The summed E-state index contributed by atoms with van der Waals surface area (Å²) in [6.07, 6.45) is 5.87. The number of nitrogens with zero attached hydrogens (tertiary/aromatic N) is 2. The van der Waals surface area contributed by atoms with Crippen molar-refractivity contribution in [2.24, 2.45) is 0 Å². The van der Waals surface area contributed by atoms with Crippen LogP contribution in [0.15, 0.2) is 35.3 Å². The zero-order valence-corrected chi connectivity index (χ0v) is 6.88. The monoisotopic (exact) mass is 176 g/mol. The number of hydrogen-bond acceptors (Lipinski definition) is 3. The molecule has 2 aromatic heterocycles. The summed E-state index contributed by atoms with van der Waals surface area (Å²) < 4.78 is 6.52. The molecular formula is C9H8N2O2. The van der Waals surface area contributed by atoms with E-state index < -0.39 is 0 Å². The van der Waals surface area contributed by atoms with E-state index in [0.717, 1.165) is 11.8 Å². The number of hydrogen-bond donors (Lipinski definition) is 0. The van der Waals surface area contributed by atoms with Gasteiger partial charge in [-0.05, 0) is 12.1 Å². The first-order valence-corrected chi connectivity index (χ1v) is 3.89. The second kappa shape index (κ2) is 3.26. The normalized spacial score (nSPS) is 10.2. The number of aromatic nitrogens is 2. The van der Waals surface area contributed by atoms with Crippen LogP contribution in [0.1, 0.15) is 16.1 Å². The van der Waals surface area contributed by atoms with Crippen molar-refractivity contribution in [1.29, 1.82) is 0 Å². The molecule has 0 unspecified atom stereocenters. The molecule has 66 valence electrons. The first-order valence-electron chi connectivity index (χ1n) is 3.89. The van der Waals surface area contributed by atoms with Gasteiger partial charge in [-0.3, -0.25) is 4.79 Å². The molecule has 0 aliphatic heterocycles. The van der Waals surface area contributed by atoms with Gasteiger partial charge in [-0.2, -0.15) is 0 Å². The summed E-state index contributed by atoms with van der Waals surface area (Å²) in [6.45, 7) is 0.616. The molecule has 0 amide bonds. The van der Waals surface area contributed by atoms with Crippen molar-refractivity contribution in [3.8, 4) is 0 Å². The molecule has 0 bridgehead atoms. The molecule has 0 aliphatic rings. The van der Waals surface area contributed by atoms with Crippen LogP contribution in [0.25, 0.3) is 0 Å². The van der Waals surface area contributed by atoms with Crippen LogP contribution in [0, 0.1) is 0 Å². The Hall–Kier alpha value is -1.84. The molecule has 2 rings (SSSR count). The Morgan fingerprint density at radius 1 is 1.62 bits per heavy atom. The lowest BCUT2D eigenvalue weighted by atomic mass is 10.3. The van der Waals surface area contributed by atoms with Gasteiger partial charge in [-0.1, -0.05) is 5.16 Å². The maximum Gasteiger partial charge on any atom is 0.166 e. The largest absolute Gasteiger partial charge is 0.364 e. The number of rotatable bonds is 3. The van der Waals surface area contributed by atoms with Crippen LogP contribution in [0.4, 0.5) is 0 Å². The van der Waals surface area contributed by atoms with Gasteiger partial charge in [0.2, 0.25) is 0 Å². The Morgan fingerprint density at radius 2 is 2.54 bits per heavy atom. The summed E-state index contributed by atoms with van der Waals surface area (Å²) in [7, 11) is 0. The standard InChI is InChI=1S/C9H8N2O2/c12-6-9-2-1-3-11(9)5-8-4-10-13-7-8/h1-4,6-7H,5H2. The molecule has 0 aliphatic carbocycles. The van der Waals surface area contributed by atoms with Gasteiger partial charge in [0.05, 0.1) is 18.4 Å². The molecule has 13 heavy (non-hydrogen) atoms. The molecule has 0 atom stereocenters. The van der Waals surface area contributed by atoms with Gasteiger partial charge in [0.25, 0.3) is 0 Å². The van der Waals surface area contributed by atoms with E-state index in [9.17, 15) is 4.79 Å². The number of carbonyl (C=O) groups is 1. The number of carbonyl (C=O) groups excluding carboxylic acids is 1. The van der Waals surface area contributed by atoms with E-state index in [2.05, 4.69) is 9.68 Å². The van der Waals surface area contributed by atoms with Crippen molar-refractivity contribution < 1.29 is 9.32 Å². The van der Waals surface area contributed by atoms with Crippen LogP contribution in [0.5, 0.6) is 0 Å². The third kappa shape index (κ3) is 1.51. The van der Waals surface area contributed by atoms with Gasteiger partial charge >= 0.3 is 0 Å². The van der Waals surface area contributed by atoms with Crippen molar-refractivity contribution in [3.05, 3.63) is 42.0 Å². The second-order valence-electron chi connectivity index (χ2n) is 2.71. The lowest BCUT2D eigenvalue weighted by Gasteiger charge is -2.00. The quantitative estimate of drug-likeness (QED) is 0.663. The maximum atomic E-state index is 10.6. The second-order valence-corrected chi connectivity index (χ2v) is 2.71. The van der Waals surface area contributed by atoms with Crippen LogP contribution in [-0.4, -0.2) is 16.0 Å². The van der Waals surface area contributed by atoms with Gasteiger partial charge < -0.3 is 9.09 Å². The number of aldehydes is 1. The highest BCUT2D eigenvalue weighted by Gasteiger charge is 2.01. The molecule has 0 aromatic carbocycles. The molecule has 2 aromatic rings. The summed E-state index contributed by atoms with van der Waals surface area (Å²) in [5.41, 5.74) is 1.60. The van der Waals surface area contributed by atoms with E-state index in [4.69, 9.17) is 0 Å². The van der Waals surface area contributed by atoms with Crippen LogP contribution >= 0.6 is 0 Å². The Morgan fingerprint density at radius 3 is 3.23 bits per heavy atom. The lowest BCUT2D eigenvalue weighted by molar-refractivity contribution is 0.111. The predicted molar refractivity (Wildman–Crippen MR) is 45.4 cm³/mol. The van der Waals surface area contributed by atoms with Gasteiger partial charge in [0.1, 0.15) is 6.26 Å². The summed E-state index contributed by atoms with van der Waals surface area (Å²) in [5, 5.41) is 3.58. The summed E-state index contributed by atoms with van der Waals surface area (Å²) in [4.78, 5) is 10.6. The van der Waals surface area contributed by atoms with Gasteiger partial charge in [0, 0.05) is 11.8 Å². The molecular weight excluding hydrogens is 168 g/mol. The zero-order valence-electron chi connectivity index (χ0n) is 6.88. The molecule has 0 fully saturated rings. The minimum atomic E-state index is 0.616. The van der Waals surface area contributed by atoms with Crippen LogP contribution in [0.3, 0.4) is 0 Å². The van der Waals surface area contributed by atoms with E-state index in [1.165, 1.54) is 0 Å².